The average Bonchev–Trinajstić information content (AvgIpc) is 3.45. The van der Waals surface area contributed by atoms with Gasteiger partial charge in [0.1, 0.15) is 24.0 Å². The maximum atomic E-state index is 13.4. The molecule has 0 aromatic heterocycles. The molecule has 1 saturated carbocycles. The van der Waals surface area contributed by atoms with Gasteiger partial charge in [-0.05, 0) is 80.4 Å². The van der Waals surface area contributed by atoms with Gasteiger partial charge in [-0.25, -0.2) is 0 Å². The predicted octanol–water partition coefficient (Wildman–Crippen LogP) is 5.63. The van der Waals surface area contributed by atoms with Crippen LogP contribution in [0.5, 0.6) is 5.75 Å². The normalized spacial score (nSPS) is 22.4. The predicted molar refractivity (Wildman–Crippen MR) is 220 cm³/mol. The van der Waals surface area contributed by atoms with E-state index >= 15 is 0 Å². The molecular weight excluding hydrogens is 758 g/mol. The third-order valence-corrected chi connectivity index (χ3v) is 12.5. The molecule has 3 aromatic rings. The summed E-state index contributed by atoms with van der Waals surface area (Å²) < 4.78 is 6.37. The Kier molecular flexibility index (Phi) is 11.5. The first-order valence-electron chi connectivity index (χ1n) is 20.0. The highest BCUT2D eigenvalue weighted by Crippen LogP contribution is 2.55. The number of nitrogens with one attached hydrogen (secondary N) is 3. The first-order chi connectivity index (χ1) is 27.7. The van der Waals surface area contributed by atoms with Crippen LogP contribution in [0.4, 0.5) is 11.4 Å². The summed E-state index contributed by atoms with van der Waals surface area (Å²) in [5.74, 6) is -1.55. The van der Waals surface area contributed by atoms with Gasteiger partial charge in [0.2, 0.25) is 11.8 Å². The van der Waals surface area contributed by atoms with Gasteiger partial charge in [-0.1, -0.05) is 45.7 Å². The average molecular weight is 808 g/mol. The zero-order valence-corrected chi connectivity index (χ0v) is 34.2. The van der Waals surface area contributed by atoms with Crippen molar-refractivity contribution in [2.45, 2.75) is 78.0 Å². The summed E-state index contributed by atoms with van der Waals surface area (Å²) in [5, 5.41) is 18.4. The standard InChI is InChI=1S/C44H50ClN7O6/c1-43(2)41(44(3,4)42(43)58-31-14-10-28(26-46)34(45)25-31)49-37(54)27-8-12-30(13-9-27)51-22-20-50(21-23-51)19-7-5-6-18-47-29-11-15-32-33(24-29)40(57)52(39(32)56)35-16-17-36(53)48-38(35)55/h8-15,24-25,35,41-42,47H,5-7,16-23H2,1-4H3,(H,49,54)(H,48,53,55). The Hall–Kier alpha value is -5.45. The van der Waals surface area contributed by atoms with E-state index in [2.05, 4.69) is 59.5 Å². The molecule has 304 valence electrons. The van der Waals surface area contributed by atoms with E-state index in [-0.39, 0.29) is 52.9 Å². The highest BCUT2D eigenvalue weighted by molar-refractivity contribution is 6.31. The van der Waals surface area contributed by atoms with Crippen LogP contribution in [0.15, 0.2) is 60.7 Å². The summed E-state index contributed by atoms with van der Waals surface area (Å²) >= 11 is 6.24. The van der Waals surface area contributed by atoms with Crippen molar-refractivity contribution in [1.82, 2.24) is 20.4 Å². The molecule has 3 heterocycles. The summed E-state index contributed by atoms with van der Waals surface area (Å²) in [7, 11) is 0. The van der Waals surface area contributed by atoms with Crippen molar-refractivity contribution in [1.29, 1.82) is 5.26 Å². The maximum Gasteiger partial charge on any atom is 0.262 e. The third kappa shape index (κ3) is 8.00. The number of fused-ring (bicyclic) bond motifs is 1. The fourth-order valence-electron chi connectivity index (χ4n) is 9.31. The first kappa shape index (κ1) is 40.7. The minimum absolute atomic E-state index is 0.0871. The molecule has 3 N–H and O–H groups in total. The van der Waals surface area contributed by atoms with Crippen molar-refractivity contribution in [3.05, 3.63) is 87.9 Å². The highest BCUT2D eigenvalue weighted by atomic mass is 35.5. The number of ether oxygens (including phenoxy) is 1. The summed E-state index contributed by atoms with van der Waals surface area (Å²) in [6.07, 6.45) is 3.09. The fourth-order valence-corrected chi connectivity index (χ4v) is 9.53. The van der Waals surface area contributed by atoms with E-state index in [4.69, 9.17) is 16.3 Å². The molecular formula is C44H50ClN7O6. The second kappa shape index (κ2) is 16.4. The number of carbonyl (C=O) groups excluding carboxylic acids is 5. The Labute approximate surface area is 344 Å². The Balaban J connectivity index is 0.807. The molecule has 3 aliphatic heterocycles. The summed E-state index contributed by atoms with van der Waals surface area (Å²) in [6, 6.07) is 19.0. The lowest BCUT2D eigenvalue weighted by molar-refractivity contribution is -0.164. The molecule has 5 amide bonds. The number of rotatable bonds is 13. The summed E-state index contributed by atoms with van der Waals surface area (Å²) in [6.45, 7) is 13.8. The number of unbranched alkanes of at least 4 members (excludes halogenated alkanes) is 2. The van der Waals surface area contributed by atoms with Crippen LogP contribution in [-0.2, 0) is 9.59 Å². The lowest BCUT2D eigenvalue weighted by Gasteiger charge is -2.63. The van der Waals surface area contributed by atoms with E-state index in [1.54, 1.807) is 36.4 Å². The Morgan fingerprint density at radius 2 is 1.60 bits per heavy atom. The number of anilines is 2. The van der Waals surface area contributed by atoms with Gasteiger partial charge >= 0.3 is 0 Å². The van der Waals surface area contributed by atoms with Gasteiger partial charge in [0.15, 0.2) is 0 Å². The van der Waals surface area contributed by atoms with Crippen LogP contribution in [0.2, 0.25) is 5.02 Å². The number of imide groups is 2. The first-order valence-corrected chi connectivity index (χ1v) is 20.4. The second-order valence-electron chi connectivity index (χ2n) is 16.9. The molecule has 4 aliphatic rings. The molecule has 0 radical (unpaired) electrons. The number of hydrogen-bond donors (Lipinski definition) is 3. The van der Waals surface area contributed by atoms with Gasteiger partial charge in [-0.3, -0.25) is 39.1 Å². The van der Waals surface area contributed by atoms with Crippen molar-refractivity contribution in [2.24, 2.45) is 10.8 Å². The smallest absolute Gasteiger partial charge is 0.262 e. The lowest BCUT2D eigenvalue weighted by Crippen LogP contribution is -2.74. The van der Waals surface area contributed by atoms with E-state index in [1.807, 2.05) is 24.3 Å². The summed E-state index contributed by atoms with van der Waals surface area (Å²) in [4.78, 5) is 69.2. The number of nitriles is 1. The highest BCUT2D eigenvalue weighted by Gasteiger charge is 2.64. The van der Waals surface area contributed by atoms with Crippen molar-refractivity contribution >= 4 is 52.5 Å². The van der Waals surface area contributed by atoms with Gasteiger partial charge in [-0.15, -0.1) is 0 Å². The molecule has 58 heavy (non-hydrogen) atoms. The van der Waals surface area contributed by atoms with Crippen molar-refractivity contribution < 1.29 is 28.7 Å². The molecule has 13 nitrogen and oxygen atoms in total. The van der Waals surface area contributed by atoms with Gasteiger partial charge in [0.25, 0.3) is 17.7 Å². The van der Waals surface area contributed by atoms with Crippen LogP contribution >= 0.6 is 11.6 Å². The Bertz CT molecular complexity index is 2140. The van der Waals surface area contributed by atoms with E-state index < -0.39 is 29.7 Å². The number of nitrogens with zero attached hydrogens (tertiary/aromatic N) is 4. The molecule has 7 rings (SSSR count). The molecule has 1 aliphatic carbocycles. The van der Waals surface area contributed by atoms with Crippen molar-refractivity contribution in [2.75, 3.05) is 49.5 Å². The number of hydrogen-bond acceptors (Lipinski definition) is 10. The lowest BCUT2D eigenvalue weighted by atomic mass is 9.49. The Morgan fingerprint density at radius 3 is 2.28 bits per heavy atom. The molecule has 2 saturated heterocycles. The molecule has 0 bridgehead atoms. The van der Waals surface area contributed by atoms with E-state index in [0.29, 0.717) is 21.9 Å². The number of carbonyl (C=O) groups is 5. The van der Waals surface area contributed by atoms with E-state index in [1.165, 1.54) is 0 Å². The van der Waals surface area contributed by atoms with E-state index in [9.17, 15) is 29.2 Å². The largest absolute Gasteiger partial charge is 0.489 e. The molecule has 0 spiro atoms. The number of amides is 5. The molecule has 3 aromatic carbocycles. The van der Waals surface area contributed by atoms with Crippen LogP contribution < -0.4 is 25.6 Å². The monoisotopic (exact) mass is 807 g/mol. The van der Waals surface area contributed by atoms with E-state index in [0.717, 1.165) is 74.8 Å². The number of halogens is 1. The number of benzene rings is 3. The molecule has 1 unspecified atom stereocenters. The van der Waals surface area contributed by atoms with Crippen LogP contribution in [0, 0.1) is 22.2 Å². The van der Waals surface area contributed by atoms with Gasteiger partial charge in [0.05, 0.1) is 21.7 Å². The fraction of sp³-hybridized carbons (Fsp3) is 0.455. The zero-order chi connectivity index (χ0) is 41.4. The summed E-state index contributed by atoms with van der Waals surface area (Å²) in [5.41, 5.74) is 2.70. The minimum Gasteiger partial charge on any atom is -0.489 e. The third-order valence-electron chi connectivity index (χ3n) is 12.2. The second-order valence-corrected chi connectivity index (χ2v) is 17.3. The van der Waals surface area contributed by atoms with Crippen molar-refractivity contribution in [3.63, 3.8) is 0 Å². The van der Waals surface area contributed by atoms with Crippen LogP contribution in [0.1, 0.15) is 96.4 Å². The van der Waals surface area contributed by atoms with Crippen LogP contribution in [0.25, 0.3) is 0 Å². The van der Waals surface area contributed by atoms with Gasteiger partial charge in [0, 0.05) is 79.0 Å². The maximum absolute atomic E-state index is 13.4. The number of piperazine rings is 1. The van der Waals surface area contributed by atoms with Gasteiger partial charge < -0.3 is 20.3 Å². The van der Waals surface area contributed by atoms with Crippen LogP contribution in [0.3, 0.4) is 0 Å². The topological polar surface area (TPSA) is 164 Å². The van der Waals surface area contributed by atoms with Crippen molar-refractivity contribution in [3.8, 4) is 11.8 Å². The number of piperidine rings is 1. The molecule has 1 atom stereocenters. The molecule has 14 heteroatoms. The minimum atomic E-state index is -0.976. The van der Waals surface area contributed by atoms with Crippen LogP contribution in [-0.4, -0.2) is 96.8 Å². The van der Waals surface area contributed by atoms with Gasteiger partial charge in [-0.2, -0.15) is 5.26 Å². The SMILES string of the molecule is CC1(C)C(NC(=O)c2ccc(N3CCN(CCCCCNc4ccc5c(c4)C(=O)N(C4CCC(=O)NC4=O)C5=O)CC3)cc2)C(C)(C)C1Oc1ccc(C#N)c(Cl)c1. The quantitative estimate of drug-likeness (QED) is 0.146. The Morgan fingerprint density at radius 1 is 0.897 bits per heavy atom. The zero-order valence-electron chi connectivity index (χ0n) is 33.4. The molecule has 3 fully saturated rings.